The summed E-state index contributed by atoms with van der Waals surface area (Å²) >= 11 is 1.54. The molecule has 0 aliphatic carbocycles. The third kappa shape index (κ3) is 5.87. The fourth-order valence-electron chi connectivity index (χ4n) is 3.42. The number of benzene rings is 3. The van der Waals surface area contributed by atoms with Crippen molar-refractivity contribution in [2.45, 2.75) is 18.3 Å². The van der Waals surface area contributed by atoms with Crippen LogP contribution in [0.25, 0.3) is 0 Å². The minimum Gasteiger partial charge on any atom is -0.406 e. The second-order valence-corrected chi connectivity index (χ2v) is 8.39. The fourth-order valence-corrected chi connectivity index (χ4v) is 4.61. The van der Waals surface area contributed by atoms with Gasteiger partial charge in [0.2, 0.25) is 5.91 Å². The van der Waals surface area contributed by atoms with Crippen molar-refractivity contribution in [3.63, 3.8) is 0 Å². The zero-order valence-electron chi connectivity index (χ0n) is 17.2. The molecule has 33 heavy (non-hydrogen) atoms. The van der Waals surface area contributed by atoms with E-state index in [0.717, 1.165) is 23.3 Å². The molecule has 1 aliphatic heterocycles. The number of ether oxygens (including phenoxy) is 1. The molecule has 170 valence electrons. The van der Waals surface area contributed by atoms with Gasteiger partial charge in [0.05, 0.1) is 5.75 Å². The maximum absolute atomic E-state index is 12.5. The zero-order valence-corrected chi connectivity index (χ0v) is 18.0. The van der Waals surface area contributed by atoms with Crippen LogP contribution in [0.2, 0.25) is 0 Å². The minimum absolute atomic E-state index is 0.0635. The molecule has 0 unspecified atom stereocenters. The van der Waals surface area contributed by atoms with E-state index in [9.17, 15) is 22.8 Å². The summed E-state index contributed by atoms with van der Waals surface area (Å²) < 4.78 is 40.6. The second-order valence-electron chi connectivity index (χ2n) is 7.32. The van der Waals surface area contributed by atoms with Gasteiger partial charge in [0, 0.05) is 17.8 Å². The van der Waals surface area contributed by atoms with Gasteiger partial charge in [-0.1, -0.05) is 42.5 Å². The summed E-state index contributed by atoms with van der Waals surface area (Å²) in [4.78, 5) is 26.8. The third-order valence-corrected chi connectivity index (χ3v) is 6.22. The molecule has 1 aliphatic rings. The number of alkyl halides is 3. The number of nitrogens with one attached hydrogen (secondary N) is 1. The summed E-state index contributed by atoms with van der Waals surface area (Å²) in [7, 11) is 0. The molecule has 0 aromatic heterocycles. The first-order valence-electron chi connectivity index (χ1n) is 10.0. The normalized spacial score (nSPS) is 16.0. The SMILES string of the molecule is O=C(Nc1ccc(OC(F)(F)F)cc1)c1ccc([C@H]2SCC(=O)N2Cc2ccccc2)cc1. The van der Waals surface area contributed by atoms with Crippen molar-refractivity contribution < 1.29 is 27.5 Å². The number of carbonyl (C=O) groups excluding carboxylic acids is 2. The topological polar surface area (TPSA) is 58.6 Å². The molecule has 4 rings (SSSR count). The monoisotopic (exact) mass is 472 g/mol. The average Bonchev–Trinajstić information content (AvgIpc) is 3.15. The van der Waals surface area contributed by atoms with Crippen LogP contribution >= 0.6 is 11.8 Å². The number of carbonyl (C=O) groups is 2. The van der Waals surface area contributed by atoms with Crippen LogP contribution in [-0.4, -0.2) is 28.8 Å². The van der Waals surface area contributed by atoms with E-state index in [1.165, 1.54) is 23.9 Å². The molecule has 3 aromatic rings. The lowest BCUT2D eigenvalue weighted by Gasteiger charge is -2.24. The number of hydrogen-bond donors (Lipinski definition) is 1. The average molecular weight is 472 g/mol. The molecule has 0 saturated carbocycles. The number of nitrogens with zero attached hydrogens (tertiary/aromatic N) is 1. The maximum Gasteiger partial charge on any atom is 0.573 e. The molecule has 2 amide bonds. The van der Waals surface area contributed by atoms with Crippen LogP contribution < -0.4 is 10.1 Å². The van der Waals surface area contributed by atoms with Crippen molar-refractivity contribution in [1.29, 1.82) is 0 Å². The minimum atomic E-state index is -4.77. The van der Waals surface area contributed by atoms with Crippen LogP contribution in [0.3, 0.4) is 0 Å². The summed E-state index contributed by atoms with van der Waals surface area (Å²) in [5.74, 6) is -0.308. The van der Waals surface area contributed by atoms with Crippen molar-refractivity contribution in [3.05, 3.63) is 95.6 Å². The van der Waals surface area contributed by atoms with Crippen molar-refractivity contribution >= 4 is 29.3 Å². The van der Waals surface area contributed by atoms with Gasteiger partial charge >= 0.3 is 6.36 Å². The fraction of sp³-hybridized carbons (Fsp3) is 0.167. The highest BCUT2D eigenvalue weighted by Gasteiger charge is 2.33. The number of hydrogen-bond acceptors (Lipinski definition) is 4. The smallest absolute Gasteiger partial charge is 0.406 e. The van der Waals surface area contributed by atoms with Gasteiger partial charge in [0.25, 0.3) is 5.91 Å². The van der Waals surface area contributed by atoms with Gasteiger partial charge in [-0.25, -0.2) is 0 Å². The van der Waals surface area contributed by atoms with Crippen molar-refractivity contribution in [2.75, 3.05) is 11.1 Å². The highest BCUT2D eigenvalue weighted by atomic mass is 32.2. The van der Waals surface area contributed by atoms with Gasteiger partial charge < -0.3 is 15.0 Å². The summed E-state index contributed by atoms with van der Waals surface area (Å²) in [5.41, 5.74) is 2.68. The Bertz CT molecular complexity index is 1120. The molecule has 9 heteroatoms. The summed E-state index contributed by atoms with van der Waals surface area (Å²) in [6.45, 7) is 0.508. The molecule has 0 spiro atoms. The molecule has 1 atom stereocenters. The van der Waals surface area contributed by atoms with E-state index in [4.69, 9.17) is 0 Å². The molecule has 1 fully saturated rings. The lowest BCUT2D eigenvalue weighted by atomic mass is 10.1. The number of halogens is 3. The van der Waals surface area contributed by atoms with Crippen molar-refractivity contribution in [3.8, 4) is 5.75 Å². The Kier molecular flexibility index (Phi) is 6.60. The highest BCUT2D eigenvalue weighted by molar-refractivity contribution is 8.00. The van der Waals surface area contributed by atoms with Gasteiger partial charge in [0.15, 0.2) is 0 Å². The number of amides is 2. The van der Waals surface area contributed by atoms with Gasteiger partial charge in [0.1, 0.15) is 11.1 Å². The van der Waals surface area contributed by atoms with Crippen molar-refractivity contribution in [1.82, 2.24) is 4.90 Å². The molecule has 0 radical (unpaired) electrons. The molecule has 3 aromatic carbocycles. The maximum atomic E-state index is 12.5. The quantitative estimate of drug-likeness (QED) is 0.507. The molecular weight excluding hydrogens is 453 g/mol. The lowest BCUT2D eigenvalue weighted by molar-refractivity contribution is -0.274. The van der Waals surface area contributed by atoms with E-state index in [2.05, 4.69) is 10.1 Å². The van der Waals surface area contributed by atoms with E-state index in [1.54, 1.807) is 12.1 Å². The Morgan fingerprint density at radius 1 is 1.00 bits per heavy atom. The molecular formula is C24H19F3N2O3S. The Balaban J connectivity index is 1.41. The first-order chi connectivity index (χ1) is 15.8. The van der Waals surface area contributed by atoms with Gasteiger partial charge in [-0.3, -0.25) is 9.59 Å². The van der Waals surface area contributed by atoms with Crippen molar-refractivity contribution in [2.24, 2.45) is 0 Å². The predicted octanol–water partition coefficient (Wildman–Crippen LogP) is 5.61. The summed E-state index contributed by atoms with van der Waals surface area (Å²) in [6.07, 6.45) is -4.77. The standard InChI is InChI=1S/C24H19F3N2O3S/c25-24(26,27)32-20-12-10-19(11-13-20)28-22(31)17-6-8-18(9-7-17)23-29(21(30)15-33-23)14-16-4-2-1-3-5-16/h1-13,23H,14-15H2,(H,28,31)/t23-/m1/s1. The number of thioether (sulfide) groups is 1. The van der Waals surface area contributed by atoms with Crippen LogP contribution in [-0.2, 0) is 11.3 Å². The summed E-state index contributed by atoms with van der Waals surface area (Å²) in [6, 6.07) is 21.6. The predicted molar refractivity (Wildman–Crippen MR) is 120 cm³/mol. The lowest BCUT2D eigenvalue weighted by Crippen LogP contribution is -2.27. The highest BCUT2D eigenvalue weighted by Crippen LogP contribution is 2.39. The van der Waals surface area contributed by atoms with Gasteiger partial charge in [-0.05, 0) is 47.5 Å². The van der Waals surface area contributed by atoms with E-state index < -0.39 is 12.3 Å². The molecule has 5 nitrogen and oxygen atoms in total. The molecule has 1 saturated heterocycles. The van der Waals surface area contributed by atoms with Crippen LogP contribution in [0.15, 0.2) is 78.9 Å². The second kappa shape index (κ2) is 9.58. The van der Waals surface area contributed by atoms with E-state index >= 15 is 0 Å². The molecule has 1 heterocycles. The van der Waals surface area contributed by atoms with E-state index in [0.29, 0.717) is 23.5 Å². The number of anilines is 1. The molecule has 0 bridgehead atoms. The largest absolute Gasteiger partial charge is 0.573 e. The Hall–Kier alpha value is -3.46. The zero-order chi connectivity index (χ0) is 23.4. The first kappa shape index (κ1) is 22.7. The van der Waals surface area contributed by atoms with Crippen LogP contribution in [0.5, 0.6) is 5.75 Å². The molecule has 1 N–H and O–H groups in total. The van der Waals surface area contributed by atoms with Crippen LogP contribution in [0.1, 0.15) is 26.9 Å². The van der Waals surface area contributed by atoms with Gasteiger partial charge in [-0.2, -0.15) is 0 Å². The summed E-state index contributed by atoms with van der Waals surface area (Å²) in [5, 5.41) is 2.50. The van der Waals surface area contributed by atoms with E-state index in [1.807, 2.05) is 47.4 Å². The Labute approximate surface area is 192 Å². The number of rotatable bonds is 6. The Morgan fingerprint density at radius 2 is 1.67 bits per heavy atom. The van der Waals surface area contributed by atoms with Crippen LogP contribution in [0.4, 0.5) is 18.9 Å². The van der Waals surface area contributed by atoms with E-state index in [-0.39, 0.29) is 17.0 Å². The first-order valence-corrected chi connectivity index (χ1v) is 11.1. The third-order valence-electron chi connectivity index (χ3n) is 4.97. The Morgan fingerprint density at radius 3 is 2.30 bits per heavy atom. The van der Waals surface area contributed by atoms with Gasteiger partial charge in [-0.15, -0.1) is 24.9 Å². The van der Waals surface area contributed by atoms with Crippen LogP contribution in [0, 0.1) is 0 Å².